The maximum atomic E-state index is 10.1. The highest BCUT2D eigenvalue weighted by Gasteiger charge is 2.54. The van der Waals surface area contributed by atoms with E-state index in [4.69, 9.17) is 5.11 Å². The molecule has 0 aromatic rings. The van der Waals surface area contributed by atoms with Crippen LogP contribution in [0.15, 0.2) is 0 Å². The maximum Gasteiger partial charge on any atom is 0.0991 e. The predicted molar refractivity (Wildman–Crippen MR) is 65.3 cm³/mol. The Hall–Kier alpha value is -0.280. The Kier molecular flexibility index (Phi) is 4.78. The summed E-state index contributed by atoms with van der Waals surface area (Å²) >= 11 is 0. The zero-order valence-corrected chi connectivity index (χ0v) is 10.7. The van der Waals surface area contributed by atoms with Gasteiger partial charge in [-0.25, -0.2) is 0 Å². The summed E-state index contributed by atoms with van der Waals surface area (Å²) in [6, 6.07) is -1.18. The van der Waals surface area contributed by atoms with Gasteiger partial charge in [0.25, 0.3) is 0 Å². The Morgan fingerprint density at radius 3 is 2.32 bits per heavy atom. The van der Waals surface area contributed by atoms with Gasteiger partial charge >= 0.3 is 0 Å². The Bertz CT molecular complexity index is 302. The monoisotopic (exact) mass is 277 g/mol. The molecule has 0 bridgehead atoms. The fraction of sp³-hybridized carbons (Fsp3) is 1.00. The number of aliphatic hydroxyl groups is 6. The summed E-state index contributed by atoms with van der Waals surface area (Å²) in [5, 5.41) is 57.4. The molecule has 6 N–H and O–H groups in total. The first kappa shape index (κ1) is 15.1. The van der Waals surface area contributed by atoms with Crippen LogP contribution >= 0.6 is 0 Å². The molecule has 0 spiro atoms. The molecule has 2 fully saturated rings. The minimum absolute atomic E-state index is 0.0364. The summed E-state index contributed by atoms with van der Waals surface area (Å²) in [6.45, 7) is -0.706. The second kappa shape index (κ2) is 6.01. The van der Waals surface area contributed by atoms with Gasteiger partial charge in [0, 0.05) is 18.5 Å². The van der Waals surface area contributed by atoms with Crippen molar-refractivity contribution in [2.45, 2.75) is 61.8 Å². The average Bonchev–Trinajstić information content (AvgIpc) is 2.91. The molecule has 7 nitrogen and oxygen atoms in total. The summed E-state index contributed by atoms with van der Waals surface area (Å²) in [7, 11) is 0. The van der Waals surface area contributed by atoms with Gasteiger partial charge in [0.2, 0.25) is 0 Å². The molecule has 0 radical (unpaired) electrons. The van der Waals surface area contributed by atoms with Crippen LogP contribution in [0.4, 0.5) is 0 Å². The lowest BCUT2D eigenvalue weighted by Crippen LogP contribution is -2.49. The molecule has 2 rings (SSSR count). The van der Waals surface area contributed by atoms with Crippen LogP contribution in [0.5, 0.6) is 0 Å². The van der Waals surface area contributed by atoms with E-state index in [1.165, 1.54) is 0 Å². The van der Waals surface area contributed by atoms with E-state index in [1.807, 2.05) is 0 Å². The van der Waals surface area contributed by atoms with E-state index >= 15 is 0 Å². The molecule has 7 heteroatoms. The first-order valence-corrected chi connectivity index (χ1v) is 6.72. The second-order valence-electron chi connectivity index (χ2n) is 5.53. The Labute approximate surface area is 111 Å². The van der Waals surface area contributed by atoms with Crippen LogP contribution in [0.3, 0.4) is 0 Å². The fourth-order valence-corrected chi connectivity index (χ4v) is 3.46. The number of hydrogen-bond donors (Lipinski definition) is 6. The van der Waals surface area contributed by atoms with Crippen LogP contribution in [0.2, 0.25) is 0 Å². The minimum Gasteiger partial charge on any atom is -0.395 e. The molecule has 0 amide bonds. The number of hydrogen-bond acceptors (Lipinski definition) is 7. The van der Waals surface area contributed by atoms with Crippen LogP contribution in [-0.4, -0.2) is 91.3 Å². The van der Waals surface area contributed by atoms with E-state index < -0.39 is 37.1 Å². The van der Waals surface area contributed by atoms with Crippen LogP contribution < -0.4 is 0 Å². The molecule has 0 aromatic heterocycles. The molecule has 1 unspecified atom stereocenters. The van der Waals surface area contributed by atoms with Gasteiger partial charge in [0.05, 0.1) is 43.7 Å². The molecule has 0 aliphatic carbocycles. The van der Waals surface area contributed by atoms with E-state index in [0.717, 1.165) is 0 Å². The summed E-state index contributed by atoms with van der Waals surface area (Å²) in [6.07, 6.45) is -2.49. The molecular formula is C12H23NO6. The summed E-state index contributed by atoms with van der Waals surface area (Å²) in [4.78, 5) is 1.77. The van der Waals surface area contributed by atoms with Gasteiger partial charge < -0.3 is 30.6 Å². The van der Waals surface area contributed by atoms with E-state index in [-0.39, 0.29) is 25.1 Å². The van der Waals surface area contributed by atoms with Crippen LogP contribution in [0.1, 0.15) is 19.3 Å². The van der Waals surface area contributed by atoms with Crippen molar-refractivity contribution in [3.05, 3.63) is 0 Å². The van der Waals surface area contributed by atoms with E-state index in [9.17, 15) is 25.5 Å². The van der Waals surface area contributed by atoms with Crippen molar-refractivity contribution in [2.24, 2.45) is 0 Å². The van der Waals surface area contributed by atoms with Crippen molar-refractivity contribution in [3.63, 3.8) is 0 Å². The topological polar surface area (TPSA) is 125 Å². The lowest BCUT2D eigenvalue weighted by molar-refractivity contribution is -0.0210. The number of fused-ring (bicyclic) bond motifs is 1. The highest BCUT2D eigenvalue weighted by atomic mass is 16.3. The van der Waals surface area contributed by atoms with Crippen molar-refractivity contribution in [1.29, 1.82) is 0 Å². The van der Waals surface area contributed by atoms with Gasteiger partial charge in [-0.2, -0.15) is 0 Å². The van der Waals surface area contributed by atoms with Gasteiger partial charge in [0.1, 0.15) is 0 Å². The lowest BCUT2D eigenvalue weighted by Gasteiger charge is -2.33. The minimum atomic E-state index is -1.02. The van der Waals surface area contributed by atoms with E-state index in [1.54, 1.807) is 4.90 Å². The zero-order chi connectivity index (χ0) is 14.2. The van der Waals surface area contributed by atoms with Crippen molar-refractivity contribution in [3.8, 4) is 0 Å². The molecule has 7 atom stereocenters. The molecule has 2 aliphatic rings. The number of aliphatic hydroxyl groups excluding tert-OH is 6. The maximum absolute atomic E-state index is 10.1. The van der Waals surface area contributed by atoms with Crippen LogP contribution in [0, 0.1) is 0 Å². The van der Waals surface area contributed by atoms with Gasteiger partial charge in [-0.1, -0.05) is 0 Å². The molecule has 0 saturated carbocycles. The van der Waals surface area contributed by atoms with E-state index in [0.29, 0.717) is 12.8 Å². The predicted octanol–water partition coefficient (Wildman–Crippen LogP) is -2.98. The molecule has 112 valence electrons. The third-order valence-electron chi connectivity index (χ3n) is 4.40. The third kappa shape index (κ3) is 2.64. The smallest absolute Gasteiger partial charge is 0.0991 e. The van der Waals surface area contributed by atoms with Crippen molar-refractivity contribution in [2.75, 3.05) is 13.2 Å². The molecule has 2 heterocycles. The standard InChI is InChI=1S/C12H23NO6/c14-4-6(16)3-10(17)7-1-2-8-11(18)12(19)9(5-15)13(7)8/h6-12,14-19H,1-5H2/t6?,7-,8+,9+,10+,11-,12+/m0/s1. The third-order valence-corrected chi connectivity index (χ3v) is 4.40. The Morgan fingerprint density at radius 1 is 1.05 bits per heavy atom. The fourth-order valence-electron chi connectivity index (χ4n) is 3.46. The lowest BCUT2D eigenvalue weighted by atomic mass is 9.98. The summed E-state index contributed by atoms with van der Waals surface area (Å²) in [5.41, 5.74) is 0. The normalized spacial score (nSPS) is 42.3. The highest BCUT2D eigenvalue weighted by Crippen LogP contribution is 2.38. The molecule has 2 saturated heterocycles. The Morgan fingerprint density at radius 2 is 1.74 bits per heavy atom. The molecular weight excluding hydrogens is 254 g/mol. The molecule has 19 heavy (non-hydrogen) atoms. The van der Waals surface area contributed by atoms with Gasteiger partial charge in [0.15, 0.2) is 0 Å². The van der Waals surface area contributed by atoms with Gasteiger partial charge in [-0.05, 0) is 12.8 Å². The van der Waals surface area contributed by atoms with E-state index in [2.05, 4.69) is 0 Å². The Balaban J connectivity index is 2.07. The van der Waals surface area contributed by atoms with Crippen molar-refractivity contribution >= 4 is 0 Å². The highest BCUT2D eigenvalue weighted by molar-refractivity contribution is 5.08. The van der Waals surface area contributed by atoms with Gasteiger partial charge in [-0.15, -0.1) is 0 Å². The SMILES string of the molecule is OCC(O)C[C@@H](O)[C@@H]1CC[C@@H]2[C@H](O)[C@H](O)[C@@H](CO)N21. The van der Waals surface area contributed by atoms with Crippen molar-refractivity contribution in [1.82, 2.24) is 4.90 Å². The van der Waals surface area contributed by atoms with Gasteiger partial charge in [-0.3, -0.25) is 4.90 Å². The molecule has 2 aliphatic heterocycles. The first-order chi connectivity index (χ1) is 9.01. The quantitative estimate of drug-likeness (QED) is 0.317. The summed E-state index contributed by atoms with van der Waals surface area (Å²) < 4.78 is 0. The second-order valence-corrected chi connectivity index (χ2v) is 5.53. The summed E-state index contributed by atoms with van der Waals surface area (Å²) in [5.74, 6) is 0. The first-order valence-electron chi connectivity index (χ1n) is 6.72. The van der Waals surface area contributed by atoms with Crippen LogP contribution in [0.25, 0.3) is 0 Å². The zero-order valence-electron chi connectivity index (χ0n) is 10.7. The average molecular weight is 277 g/mol. The largest absolute Gasteiger partial charge is 0.395 e. The van der Waals surface area contributed by atoms with Crippen molar-refractivity contribution < 1.29 is 30.6 Å². The molecule has 0 aromatic carbocycles. The number of rotatable bonds is 5. The van der Waals surface area contributed by atoms with Crippen LogP contribution in [-0.2, 0) is 0 Å². The number of nitrogens with zero attached hydrogens (tertiary/aromatic N) is 1.